The summed E-state index contributed by atoms with van der Waals surface area (Å²) in [5.74, 6) is 0.196. The maximum atomic E-state index is 12.9. The molecule has 0 unspecified atom stereocenters. The van der Waals surface area contributed by atoms with E-state index < -0.39 is 10.0 Å². The summed E-state index contributed by atoms with van der Waals surface area (Å²) in [7, 11) is -3.45. The number of carbonyl (C=O) groups is 1. The zero-order valence-electron chi connectivity index (χ0n) is 16.7. The lowest BCUT2D eigenvalue weighted by atomic mass is 10.1. The topological polar surface area (TPSA) is 73.0 Å². The molecule has 2 saturated heterocycles. The van der Waals surface area contributed by atoms with Gasteiger partial charge in [-0.3, -0.25) is 4.79 Å². The van der Waals surface area contributed by atoms with Gasteiger partial charge in [-0.25, -0.2) is 8.42 Å². The SMILES string of the molecule is Cc1ccc(S(=O)(=O)N2CCN(CCC(=O)N3CCNCC3)CC2)cc1C.Cl. The maximum absolute atomic E-state index is 12.9. The first kappa shape index (κ1) is 23.1. The van der Waals surface area contributed by atoms with Gasteiger partial charge in [0, 0.05) is 65.3 Å². The van der Waals surface area contributed by atoms with E-state index in [9.17, 15) is 13.2 Å². The van der Waals surface area contributed by atoms with Crippen molar-refractivity contribution >= 4 is 28.3 Å². The summed E-state index contributed by atoms with van der Waals surface area (Å²) in [5.41, 5.74) is 2.08. The Balaban J connectivity index is 0.00000280. The van der Waals surface area contributed by atoms with Crippen LogP contribution >= 0.6 is 12.4 Å². The van der Waals surface area contributed by atoms with Crippen molar-refractivity contribution < 1.29 is 13.2 Å². The van der Waals surface area contributed by atoms with Gasteiger partial charge in [0.25, 0.3) is 0 Å². The maximum Gasteiger partial charge on any atom is 0.243 e. The minimum Gasteiger partial charge on any atom is -0.340 e. The van der Waals surface area contributed by atoms with E-state index in [1.165, 1.54) is 0 Å². The molecular formula is C19H31ClN4O3S. The molecule has 158 valence electrons. The number of nitrogens with one attached hydrogen (secondary N) is 1. The minimum atomic E-state index is -3.45. The number of carbonyl (C=O) groups excluding carboxylic acids is 1. The highest BCUT2D eigenvalue weighted by Crippen LogP contribution is 2.20. The Morgan fingerprint density at radius 1 is 1.00 bits per heavy atom. The quantitative estimate of drug-likeness (QED) is 0.749. The Kier molecular flexibility index (Phi) is 8.27. The summed E-state index contributed by atoms with van der Waals surface area (Å²) in [6.07, 6.45) is 0.504. The van der Waals surface area contributed by atoms with Gasteiger partial charge < -0.3 is 15.1 Å². The molecule has 2 aliphatic rings. The van der Waals surface area contributed by atoms with Crippen molar-refractivity contribution in [3.8, 4) is 0 Å². The lowest BCUT2D eigenvalue weighted by Crippen LogP contribution is -2.50. The molecule has 1 aromatic rings. The lowest BCUT2D eigenvalue weighted by molar-refractivity contribution is -0.132. The Morgan fingerprint density at radius 3 is 2.25 bits per heavy atom. The van der Waals surface area contributed by atoms with Gasteiger partial charge in [0.15, 0.2) is 0 Å². The van der Waals surface area contributed by atoms with Gasteiger partial charge in [0.1, 0.15) is 0 Å². The van der Waals surface area contributed by atoms with Crippen molar-refractivity contribution in [1.29, 1.82) is 0 Å². The van der Waals surface area contributed by atoms with Crippen molar-refractivity contribution in [3.05, 3.63) is 29.3 Å². The fraction of sp³-hybridized carbons (Fsp3) is 0.632. The molecule has 0 aliphatic carbocycles. The van der Waals surface area contributed by atoms with Gasteiger partial charge in [0.05, 0.1) is 4.90 Å². The molecule has 28 heavy (non-hydrogen) atoms. The van der Waals surface area contributed by atoms with Crippen LogP contribution in [-0.2, 0) is 14.8 Å². The summed E-state index contributed by atoms with van der Waals surface area (Å²) in [6, 6.07) is 5.31. The second-order valence-electron chi connectivity index (χ2n) is 7.37. The molecule has 0 aromatic heterocycles. The molecule has 2 heterocycles. The first-order valence-corrected chi connectivity index (χ1v) is 11.1. The number of nitrogens with zero attached hydrogens (tertiary/aromatic N) is 3. The van der Waals surface area contributed by atoms with E-state index in [-0.39, 0.29) is 18.3 Å². The van der Waals surface area contributed by atoms with Crippen LogP contribution in [-0.4, -0.2) is 87.3 Å². The first-order chi connectivity index (χ1) is 12.9. The number of rotatable bonds is 5. The van der Waals surface area contributed by atoms with Crippen LogP contribution in [0.4, 0.5) is 0 Å². The molecule has 1 amide bonds. The van der Waals surface area contributed by atoms with Crippen LogP contribution in [0.25, 0.3) is 0 Å². The minimum absolute atomic E-state index is 0. The summed E-state index contributed by atoms with van der Waals surface area (Å²) in [5, 5.41) is 3.25. The summed E-state index contributed by atoms with van der Waals surface area (Å²) < 4.78 is 27.3. The molecule has 1 N–H and O–H groups in total. The Bertz CT molecular complexity index is 773. The number of halogens is 1. The predicted octanol–water partition coefficient (Wildman–Crippen LogP) is 0.853. The third kappa shape index (κ3) is 5.45. The molecule has 0 atom stereocenters. The Hall–Kier alpha value is -1.19. The third-order valence-electron chi connectivity index (χ3n) is 5.56. The Morgan fingerprint density at radius 2 is 1.64 bits per heavy atom. The van der Waals surface area contributed by atoms with Crippen LogP contribution in [0, 0.1) is 13.8 Å². The highest BCUT2D eigenvalue weighted by molar-refractivity contribution is 7.89. The third-order valence-corrected chi connectivity index (χ3v) is 7.45. The number of benzene rings is 1. The fourth-order valence-corrected chi connectivity index (χ4v) is 5.05. The van der Waals surface area contributed by atoms with Crippen LogP contribution in [0.1, 0.15) is 17.5 Å². The van der Waals surface area contributed by atoms with Gasteiger partial charge in [-0.2, -0.15) is 4.31 Å². The van der Waals surface area contributed by atoms with E-state index in [4.69, 9.17) is 0 Å². The molecule has 0 saturated carbocycles. The highest BCUT2D eigenvalue weighted by atomic mass is 35.5. The van der Waals surface area contributed by atoms with Crippen molar-refractivity contribution in [1.82, 2.24) is 19.4 Å². The van der Waals surface area contributed by atoms with Gasteiger partial charge in [-0.15, -0.1) is 12.4 Å². The summed E-state index contributed by atoms with van der Waals surface area (Å²) in [4.78, 5) is 16.7. The molecular weight excluding hydrogens is 400 g/mol. The summed E-state index contributed by atoms with van der Waals surface area (Å²) in [6.45, 7) is 10.2. The monoisotopic (exact) mass is 430 g/mol. The number of piperazine rings is 2. The average Bonchev–Trinajstić information content (AvgIpc) is 2.69. The highest BCUT2D eigenvalue weighted by Gasteiger charge is 2.29. The van der Waals surface area contributed by atoms with E-state index in [0.29, 0.717) is 44.0 Å². The van der Waals surface area contributed by atoms with E-state index >= 15 is 0 Å². The largest absolute Gasteiger partial charge is 0.340 e. The second-order valence-corrected chi connectivity index (χ2v) is 9.31. The van der Waals surface area contributed by atoms with Gasteiger partial charge in [0.2, 0.25) is 15.9 Å². The van der Waals surface area contributed by atoms with Crippen molar-refractivity contribution in [2.24, 2.45) is 0 Å². The molecule has 9 heteroatoms. The number of hydrogen-bond acceptors (Lipinski definition) is 5. The molecule has 2 aliphatic heterocycles. The van der Waals surface area contributed by atoms with Crippen LogP contribution in [0.15, 0.2) is 23.1 Å². The summed E-state index contributed by atoms with van der Waals surface area (Å²) >= 11 is 0. The van der Waals surface area contributed by atoms with E-state index in [1.54, 1.807) is 16.4 Å². The molecule has 0 radical (unpaired) electrons. The van der Waals surface area contributed by atoms with Crippen LogP contribution in [0.5, 0.6) is 0 Å². The van der Waals surface area contributed by atoms with Gasteiger partial charge >= 0.3 is 0 Å². The number of aryl methyl sites for hydroxylation is 2. The van der Waals surface area contributed by atoms with Crippen molar-refractivity contribution in [2.75, 3.05) is 58.9 Å². The average molecular weight is 431 g/mol. The number of amides is 1. The smallest absolute Gasteiger partial charge is 0.243 e. The molecule has 1 aromatic carbocycles. The standard InChI is InChI=1S/C19H30N4O3S.ClH/c1-16-3-4-18(15-17(16)2)27(25,26)23-13-11-21(12-14-23)8-5-19(24)22-9-6-20-7-10-22;/h3-4,15,20H,5-14H2,1-2H3;1H. The zero-order valence-corrected chi connectivity index (χ0v) is 18.3. The number of hydrogen-bond donors (Lipinski definition) is 1. The fourth-order valence-electron chi connectivity index (χ4n) is 3.54. The Labute approximate surface area is 174 Å². The molecule has 3 rings (SSSR count). The van der Waals surface area contributed by atoms with Gasteiger partial charge in [-0.05, 0) is 37.1 Å². The molecule has 7 nitrogen and oxygen atoms in total. The van der Waals surface area contributed by atoms with E-state index in [2.05, 4.69) is 10.2 Å². The van der Waals surface area contributed by atoms with E-state index in [0.717, 1.165) is 37.3 Å². The van der Waals surface area contributed by atoms with Crippen molar-refractivity contribution in [3.63, 3.8) is 0 Å². The predicted molar refractivity (Wildman–Crippen MR) is 112 cm³/mol. The van der Waals surface area contributed by atoms with Crippen LogP contribution in [0.2, 0.25) is 0 Å². The van der Waals surface area contributed by atoms with Crippen LogP contribution < -0.4 is 5.32 Å². The first-order valence-electron chi connectivity index (χ1n) is 9.66. The molecule has 2 fully saturated rings. The van der Waals surface area contributed by atoms with Gasteiger partial charge in [-0.1, -0.05) is 6.07 Å². The zero-order chi connectivity index (χ0) is 19.4. The lowest BCUT2D eigenvalue weighted by Gasteiger charge is -2.34. The van der Waals surface area contributed by atoms with E-state index in [1.807, 2.05) is 24.8 Å². The molecule has 0 spiro atoms. The normalized spacial score (nSPS) is 19.3. The second kappa shape index (κ2) is 10.0. The van der Waals surface area contributed by atoms with Crippen LogP contribution in [0.3, 0.4) is 0 Å². The molecule has 0 bridgehead atoms. The number of sulfonamides is 1. The van der Waals surface area contributed by atoms with Crippen molar-refractivity contribution in [2.45, 2.75) is 25.2 Å².